The third kappa shape index (κ3) is 26.2. The van der Waals surface area contributed by atoms with Crippen LogP contribution in [-0.2, 0) is 59.2 Å². The number of thioether (sulfide) groups is 1. The molecule has 16 N–H and O–H groups in total. The first kappa shape index (κ1) is 70.5. The quantitative estimate of drug-likeness (QED) is 0.0236. The predicted molar refractivity (Wildman–Crippen MR) is 302 cm³/mol. The summed E-state index contributed by atoms with van der Waals surface area (Å²) in [7, 11) is 3.25. The summed E-state index contributed by atoms with van der Waals surface area (Å²) in [6, 6.07) is -4.22. The van der Waals surface area contributed by atoms with Crippen molar-refractivity contribution < 1.29 is 68.1 Å². The van der Waals surface area contributed by atoms with Crippen molar-refractivity contribution in [2.24, 2.45) is 23.3 Å². The van der Waals surface area contributed by atoms with Crippen LogP contribution in [0, 0.1) is 11.8 Å². The fraction of sp³-hybridized carbons (Fsp3) is 0.679. The molecule has 1 heterocycles. The fourth-order valence-electron chi connectivity index (χ4n) is 8.58. The number of rotatable bonds is 38. The summed E-state index contributed by atoms with van der Waals surface area (Å²) in [5.41, 5.74) is 12.1. The van der Waals surface area contributed by atoms with Gasteiger partial charge in [-0.3, -0.25) is 47.9 Å². The number of amides is 10. The minimum atomic E-state index is -1.43. The summed E-state index contributed by atoms with van der Waals surface area (Å²) in [5.74, 6) is -8.96. The number of phenolic OH excluding ortho intramolecular Hbond substituents is 1. The van der Waals surface area contributed by atoms with Crippen molar-refractivity contribution in [2.45, 2.75) is 154 Å². The van der Waals surface area contributed by atoms with Gasteiger partial charge in [0.15, 0.2) is 0 Å². The maximum Gasteiger partial charge on any atom is 0.326 e. The summed E-state index contributed by atoms with van der Waals surface area (Å²) < 4.78 is 0. The Morgan fingerprint density at radius 1 is 0.704 bits per heavy atom. The summed E-state index contributed by atoms with van der Waals surface area (Å²) in [4.78, 5) is 150. The molecule has 1 aliphatic rings. The molecular weight excluding hydrogens is 1070 g/mol. The van der Waals surface area contributed by atoms with Gasteiger partial charge in [0.1, 0.15) is 54.1 Å². The standard InChI is InChI=1S/C53H89N13O14S/c1-8-32(4)45(51(77)62-39(53(79)80)24-31(2)3)64-48(74)38(25-34-17-19-35(69)20-18-34)61-50(76)42-16-13-23-66(42)52(78)37(15-10-12-22-55)60-47(73)36(14-9-11-21-54)58-43(70)26-56-46(72)41(29-81-30-57-33(5)68)63-49(75)40(28-67)59-44(71)27-65(6)7/h17-20,31-32,36-42,45,67,69H,8-16,21-30,54-55H2,1-7H3,(H,56,72)(H,57,68)(H,58,70)(H,59,71)(H,60,73)(H,61,76)(H,62,77)(H,63,75)(H,64,74)(H,79,80)/t32-,36-,37-,38-,39-,40-,41-,42-,45-/m0/s1. The highest BCUT2D eigenvalue weighted by Crippen LogP contribution is 2.22. The summed E-state index contributed by atoms with van der Waals surface area (Å²) in [6.45, 7) is 7.47. The number of aromatic hydroxyl groups is 1. The third-order valence-corrected chi connectivity index (χ3v) is 14.1. The van der Waals surface area contributed by atoms with E-state index >= 15 is 0 Å². The second kappa shape index (κ2) is 37.4. The van der Waals surface area contributed by atoms with Crippen molar-refractivity contribution in [3.8, 4) is 5.75 Å². The number of unbranched alkanes of at least 4 members (excludes halogenated alkanes) is 2. The number of nitrogens with zero attached hydrogens (tertiary/aromatic N) is 2. The molecule has 1 aromatic rings. The van der Waals surface area contributed by atoms with Gasteiger partial charge in [-0.05, 0) is 115 Å². The van der Waals surface area contributed by atoms with E-state index in [-0.39, 0.29) is 87.5 Å². The number of carboxylic acid groups (broad SMARTS) is 1. The summed E-state index contributed by atoms with van der Waals surface area (Å²) in [5, 5.41) is 53.0. The first-order chi connectivity index (χ1) is 38.3. The van der Waals surface area contributed by atoms with Crippen molar-refractivity contribution in [1.29, 1.82) is 0 Å². The van der Waals surface area contributed by atoms with Crippen LogP contribution in [0.15, 0.2) is 24.3 Å². The first-order valence-corrected chi connectivity index (χ1v) is 28.7. The lowest BCUT2D eigenvalue weighted by molar-refractivity contribution is -0.143. The molecule has 0 radical (unpaired) electrons. The van der Waals surface area contributed by atoms with E-state index in [1.165, 1.54) is 24.0 Å². The highest BCUT2D eigenvalue weighted by Gasteiger charge is 2.40. The molecule has 9 atom stereocenters. The molecule has 0 aliphatic carbocycles. The van der Waals surface area contributed by atoms with Crippen LogP contribution in [0.1, 0.15) is 104 Å². The number of likely N-dealkylation sites (tertiary alicyclic amines) is 1. The normalized spacial score (nSPS) is 16.0. The Kier molecular flexibility index (Phi) is 32.5. The lowest BCUT2D eigenvalue weighted by Crippen LogP contribution is -2.60. The SMILES string of the molecule is CC[C@H](C)[C@H](NC(=O)[C@H](Cc1ccc(O)cc1)NC(=O)[C@@H]1CCCN1C(=O)[C@H](CCCCN)NC(=O)[C@H](CCCCN)NC(=O)CNC(=O)[C@H](CSCNC(C)=O)NC(=O)[C@H](CO)NC(=O)CN(C)C)C(=O)N[C@@H](CC(C)C)C(=O)O. The van der Waals surface area contributed by atoms with Crippen LogP contribution in [0.3, 0.4) is 0 Å². The molecule has 10 amide bonds. The molecule has 1 saturated heterocycles. The molecule has 27 nitrogen and oxygen atoms in total. The van der Waals surface area contributed by atoms with E-state index in [0.717, 1.165) is 11.8 Å². The fourth-order valence-corrected chi connectivity index (χ4v) is 9.48. The second-order valence-electron chi connectivity index (χ2n) is 20.8. The maximum absolute atomic E-state index is 14.6. The minimum Gasteiger partial charge on any atom is -0.508 e. The number of benzene rings is 1. The molecule has 0 aromatic heterocycles. The Morgan fingerprint density at radius 3 is 1.85 bits per heavy atom. The Morgan fingerprint density at radius 2 is 1.28 bits per heavy atom. The van der Waals surface area contributed by atoms with E-state index in [9.17, 15) is 68.1 Å². The van der Waals surface area contributed by atoms with Crippen LogP contribution < -0.4 is 59.3 Å². The maximum atomic E-state index is 14.6. The molecule has 1 aromatic carbocycles. The van der Waals surface area contributed by atoms with Crippen molar-refractivity contribution >= 4 is 76.8 Å². The van der Waals surface area contributed by atoms with E-state index in [1.54, 1.807) is 45.0 Å². The van der Waals surface area contributed by atoms with Crippen molar-refractivity contribution in [3.05, 3.63) is 29.8 Å². The Balaban J connectivity index is 2.38. The van der Waals surface area contributed by atoms with E-state index in [0.29, 0.717) is 44.1 Å². The highest BCUT2D eigenvalue weighted by molar-refractivity contribution is 7.99. The van der Waals surface area contributed by atoms with Gasteiger partial charge in [0.25, 0.3) is 0 Å². The van der Waals surface area contributed by atoms with E-state index in [4.69, 9.17) is 11.5 Å². The van der Waals surface area contributed by atoms with Crippen molar-refractivity contribution in [2.75, 3.05) is 65.1 Å². The number of carboxylic acids is 1. The zero-order valence-corrected chi connectivity index (χ0v) is 48.6. The van der Waals surface area contributed by atoms with Crippen molar-refractivity contribution in [3.63, 3.8) is 0 Å². The largest absolute Gasteiger partial charge is 0.508 e. The van der Waals surface area contributed by atoms with Gasteiger partial charge in [-0.2, -0.15) is 0 Å². The number of carbonyl (C=O) groups is 11. The zero-order valence-electron chi connectivity index (χ0n) is 47.8. The summed E-state index contributed by atoms with van der Waals surface area (Å²) in [6.07, 6.45) is 2.80. The second-order valence-corrected chi connectivity index (χ2v) is 21.9. The number of aliphatic carboxylic acids is 1. The molecule has 456 valence electrons. The number of nitrogens with two attached hydrogens (primary N) is 2. The Labute approximate surface area is 478 Å². The van der Waals surface area contributed by atoms with Gasteiger partial charge in [-0.1, -0.05) is 46.2 Å². The monoisotopic (exact) mass is 1160 g/mol. The number of aliphatic hydroxyl groups excluding tert-OH is 1. The highest BCUT2D eigenvalue weighted by atomic mass is 32.2. The zero-order chi connectivity index (χ0) is 60.8. The predicted octanol–water partition coefficient (Wildman–Crippen LogP) is -2.75. The third-order valence-electron chi connectivity index (χ3n) is 13.2. The topological polar surface area (TPSA) is 415 Å². The number of hydrogen-bond acceptors (Lipinski definition) is 17. The van der Waals surface area contributed by atoms with Crippen LogP contribution in [-0.4, -0.2) is 204 Å². The Hall–Kier alpha value is -6.62. The van der Waals surface area contributed by atoms with Crippen LogP contribution in [0.2, 0.25) is 0 Å². The molecule has 0 saturated carbocycles. The molecule has 1 aliphatic heterocycles. The number of carbonyl (C=O) groups excluding carboxylic acids is 10. The van der Waals surface area contributed by atoms with Gasteiger partial charge in [0.05, 0.1) is 25.6 Å². The number of likely N-dealkylation sites (N-methyl/N-ethyl adjacent to an activating group) is 1. The first-order valence-electron chi connectivity index (χ1n) is 27.5. The minimum absolute atomic E-state index is 0.0481. The van der Waals surface area contributed by atoms with Crippen LogP contribution in [0.5, 0.6) is 5.75 Å². The van der Waals surface area contributed by atoms with E-state index in [1.807, 2.05) is 13.8 Å². The molecule has 28 heteroatoms. The van der Waals surface area contributed by atoms with Crippen LogP contribution >= 0.6 is 11.8 Å². The molecule has 0 spiro atoms. The smallest absolute Gasteiger partial charge is 0.326 e. The number of hydrogen-bond donors (Lipinski definition) is 14. The molecule has 81 heavy (non-hydrogen) atoms. The van der Waals surface area contributed by atoms with Gasteiger partial charge in [-0.25, -0.2) is 4.79 Å². The van der Waals surface area contributed by atoms with Gasteiger partial charge >= 0.3 is 5.97 Å². The average molecular weight is 1160 g/mol. The molecular formula is C53H89N13O14S. The number of nitrogens with one attached hydrogen (secondary N) is 9. The number of phenols is 1. The van der Waals surface area contributed by atoms with Gasteiger partial charge in [0.2, 0.25) is 59.1 Å². The lowest BCUT2D eigenvalue weighted by atomic mass is 9.96. The van der Waals surface area contributed by atoms with E-state index in [2.05, 4.69) is 47.9 Å². The molecule has 0 unspecified atom stereocenters. The van der Waals surface area contributed by atoms with Gasteiger partial charge in [-0.15, -0.1) is 11.8 Å². The van der Waals surface area contributed by atoms with Crippen LogP contribution in [0.4, 0.5) is 0 Å². The van der Waals surface area contributed by atoms with E-state index < -0.39 is 127 Å². The average Bonchev–Trinajstić information content (AvgIpc) is 3.92. The lowest BCUT2D eigenvalue weighted by Gasteiger charge is -2.31. The van der Waals surface area contributed by atoms with Gasteiger partial charge in [0, 0.05) is 25.6 Å². The van der Waals surface area contributed by atoms with Crippen molar-refractivity contribution in [1.82, 2.24) is 57.7 Å². The van der Waals surface area contributed by atoms with Gasteiger partial charge < -0.3 is 84.4 Å². The van der Waals surface area contributed by atoms with Crippen LogP contribution in [0.25, 0.3) is 0 Å². The Bertz CT molecular complexity index is 2240. The number of aliphatic hydroxyl groups is 1. The molecule has 0 bridgehead atoms. The molecule has 1 fully saturated rings. The molecule has 2 rings (SSSR count). The summed E-state index contributed by atoms with van der Waals surface area (Å²) >= 11 is 1.06.